The number of anilines is 1. The van der Waals surface area contributed by atoms with E-state index in [-0.39, 0.29) is 6.61 Å². The molecule has 0 aliphatic carbocycles. The lowest BCUT2D eigenvalue weighted by Gasteiger charge is -2.46. The molecule has 0 bridgehead atoms. The summed E-state index contributed by atoms with van der Waals surface area (Å²) in [6, 6.07) is 0. The highest BCUT2D eigenvalue weighted by Crippen LogP contribution is 2.31. The van der Waals surface area contributed by atoms with Gasteiger partial charge in [-0.1, -0.05) is 6.92 Å². The summed E-state index contributed by atoms with van der Waals surface area (Å²) >= 11 is 1.51. The Kier molecular flexibility index (Phi) is 2.47. The normalized spacial score (nSPS) is 19.5. The molecule has 5 heteroatoms. The van der Waals surface area contributed by atoms with Crippen LogP contribution >= 0.6 is 11.3 Å². The van der Waals surface area contributed by atoms with Crippen LogP contribution in [0.25, 0.3) is 0 Å². The van der Waals surface area contributed by atoms with E-state index < -0.39 is 5.60 Å². The second-order valence-electron chi connectivity index (χ2n) is 3.71. The maximum Gasteiger partial charge on any atom is 0.185 e. The van der Waals surface area contributed by atoms with Gasteiger partial charge < -0.3 is 15.1 Å². The quantitative estimate of drug-likeness (QED) is 0.773. The van der Waals surface area contributed by atoms with Crippen LogP contribution in [0.4, 0.5) is 5.13 Å². The summed E-state index contributed by atoms with van der Waals surface area (Å²) in [5.74, 6) is 0. The van der Waals surface area contributed by atoms with E-state index in [0.717, 1.165) is 11.6 Å². The van der Waals surface area contributed by atoms with Crippen molar-refractivity contribution in [3.05, 3.63) is 11.1 Å². The van der Waals surface area contributed by atoms with Crippen molar-refractivity contribution in [3.8, 4) is 0 Å². The number of nitrogens with zero attached hydrogens (tertiary/aromatic N) is 2. The van der Waals surface area contributed by atoms with Gasteiger partial charge in [0.05, 0.1) is 31.0 Å². The molecule has 1 aliphatic heterocycles. The van der Waals surface area contributed by atoms with E-state index >= 15 is 0 Å². The van der Waals surface area contributed by atoms with Gasteiger partial charge in [0.2, 0.25) is 0 Å². The average molecular weight is 214 g/mol. The summed E-state index contributed by atoms with van der Waals surface area (Å²) in [4.78, 5) is 6.27. The lowest BCUT2D eigenvalue weighted by molar-refractivity contribution is 0.00848. The first-order chi connectivity index (χ1) is 6.67. The van der Waals surface area contributed by atoms with Gasteiger partial charge in [-0.2, -0.15) is 0 Å². The van der Waals surface area contributed by atoms with Crippen molar-refractivity contribution in [3.63, 3.8) is 0 Å². The van der Waals surface area contributed by atoms with Crippen molar-refractivity contribution >= 4 is 16.5 Å². The van der Waals surface area contributed by atoms with Crippen LogP contribution in [-0.4, -0.2) is 33.9 Å². The third-order valence-corrected chi connectivity index (χ3v) is 3.55. The molecule has 2 rings (SSSR count). The Hall–Kier alpha value is -0.650. The molecule has 2 N–H and O–H groups in total. The van der Waals surface area contributed by atoms with Crippen LogP contribution in [0.1, 0.15) is 19.0 Å². The first kappa shape index (κ1) is 9.89. The Morgan fingerprint density at radius 3 is 2.86 bits per heavy atom. The molecule has 1 aliphatic rings. The molecule has 0 spiro atoms. The van der Waals surface area contributed by atoms with Crippen LogP contribution in [-0.2, 0) is 6.61 Å². The van der Waals surface area contributed by atoms with Gasteiger partial charge in [0.1, 0.15) is 0 Å². The zero-order chi connectivity index (χ0) is 10.2. The molecule has 78 valence electrons. The molecular weight excluding hydrogens is 200 g/mol. The topological polar surface area (TPSA) is 56.6 Å². The van der Waals surface area contributed by atoms with Crippen molar-refractivity contribution in [2.75, 3.05) is 18.0 Å². The van der Waals surface area contributed by atoms with E-state index in [0.29, 0.717) is 18.8 Å². The second kappa shape index (κ2) is 3.49. The van der Waals surface area contributed by atoms with E-state index in [2.05, 4.69) is 4.98 Å². The Morgan fingerprint density at radius 1 is 1.64 bits per heavy atom. The van der Waals surface area contributed by atoms with Gasteiger partial charge in [0.15, 0.2) is 5.13 Å². The van der Waals surface area contributed by atoms with Gasteiger partial charge in [-0.05, 0) is 6.42 Å². The summed E-state index contributed by atoms with van der Waals surface area (Å²) in [5.41, 5.74) is 0.183. The molecule has 0 amide bonds. The molecule has 4 nitrogen and oxygen atoms in total. The number of thiazole rings is 1. The molecule has 1 saturated heterocycles. The lowest BCUT2D eigenvalue weighted by atomic mass is 9.92. The highest BCUT2D eigenvalue weighted by molar-refractivity contribution is 7.13. The monoisotopic (exact) mass is 214 g/mol. The zero-order valence-corrected chi connectivity index (χ0v) is 8.92. The van der Waals surface area contributed by atoms with Crippen LogP contribution < -0.4 is 4.90 Å². The van der Waals surface area contributed by atoms with Crippen LogP contribution in [0.5, 0.6) is 0 Å². The highest BCUT2D eigenvalue weighted by Gasteiger charge is 2.40. The molecule has 0 radical (unpaired) electrons. The minimum absolute atomic E-state index is 0.0115. The fourth-order valence-electron chi connectivity index (χ4n) is 1.54. The Morgan fingerprint density at radius 2 is 2.36 bits per heavy atom. The van der Waals surface area contributed by atoms with Crippen LogP contribution in [0, 0.1) is 0 Å². The number of rotatable bonds is 3. The molecule has 1 aromatic rings. The maximum atomic E-state index is 9.80. The van der Waals surface area contributed by atoms with Crippen LogP contribution in [0.15, 0.2) is 5.38 Å². The van der Waals surface area contributed by atoms with Crippen molar-refractivity contribution in [2.24, 2.45) is 0 Å². The third kappa shape index (κ3) is 1.63. The number of hydrogen-bond acceptors (Lipinski definition) is 5. The van der Waals surface area contributed by atoms with Crippen molar-refractivity contribution < 1.29 is 10.2 Å². The van der Waals surface area contributed by atoms with Crippen LogP contribution in [0.3, 0.4) is 0 Å². The Labute approximate surface area is 86.8 Å². The van der Waals surface area contributed by atoms with Crippen molar-refractivity contribution in [1.29, 1.82) is 0 Å². The molecule has 1 fully saturated rings. The fraction of sp³-hybridized carbons (Fsp3) is 0.667. The van der Waals surface area contributed by atoms with Gasteiger partial charge in [0, 0.05) is 5.38 Å². The lowest BCUT2D eigenvalue weighted by Crippen LogP contribution is -2.61. The number of β-amino-alcohol motifs (C(OH)–C–C–N with tert-alkyl or cyclic N) is 1. The minimum Gasteiger partial charge on any atom is -0.390 e. The number of aliphatic hydroxyl groups excluding tert-OH is 1. The third-order valence-electron chi connectivity index (χ3n) is 2.60. The SMILES string of the molecule is CCC1(O)CN(c2nc(CO)cs2)C1. The highest BCUT2D eigenvalue weighted by atomic mass is 32.1. The molecule has 0 unspecified atom stereocenters. The Balaban J connectivity index is 1.99. The van der Waals surface area contributed by atoms with E-state index in [4.69, 9.17) is 5.11 Å². The van der Waals surface area contributed by atoms with E-state index in [1.54, 1.807) is 0 Å². The predicted octanol–water partition coefficient (Wildman–Crippen LogP) is 0.597. The number of aromatic nitrogens is 1. The fourth-order valence-corrected chi connectivity index (χ4v) is 2.35. The van der Waals surface area contributed by atoms with Crippen molar-refractivity contribution in [1.82, 2.24) is 4.98 Å². The standard InChI is InChI=1S/C9H14N2O2S/c1-2-9(13)5-11(6-9)8-10-7(3-12)4-14-8/h4,12-13H,2-3,5-6H2,1H3. The van der Waals surface area contributed by atoms with Gasteiger partial charge in [-0.15, -0.1) is 11.3 Å². The molecule has 2 heterocycles. The smallest absolute Gasteiger partial charge is 0.185 e. The molecule has 14 heavy (non-hydrogen) atoms. The molecule has 0 atom stereocenters. The average Bonchev–Trinajstić information content (AvgIpc) is 2.61. The van der Waals surface area contributed by atoms with E-state index in [1.165, 1.54) is 11.3 Å². The van der Waals surface area contributed by atoms with Gasteiger partial charge in [-0.3, -0.25) is 0 Å². The summed E-state index contributed by atoms with van der Waals surface area (Å²) in [7, 11) is 0. The maximum absolute atomic E-state index is 9.80. The first-order valence-electron chi connectivity index (χ1n) is 4.69. The molecule has 0 aromatic carbocycles. The second-order valence-corrected chi connectivity index (χ2v) is 4.55. The Bertz CT molecular complexity index is 320. The van der Waals surface area contributed by atoms with Gasteiger partial charge >= 0.3 is 0 Å². The largest absolute Gasteiger partial charge is 0.390 e. The summed E-state index contributed by atoms with van der Waals surface area (Å²) in [5, 5.41) is 21.4. The van der Waals surface area contributed by atoms with Crippen molar-refractivity contribution in [2.45, 2.75) is 25.6 Å². The minimum atomic E-state index is -0.523. The molecular formula is C9H14N2O2S. The molecule has 1 aromatic heterocycles. The summed E-state index contributed by atoms with van der Waals surface area (Å²) < 4.78 is 0. The zero-order valence-electron chi connectivity index (χ0n) is 8.10. The molecule has 0 saturated carbocycles. The number of aliphatic hydroxyl groups is 2. The van der Waals surface area contributed by atoms with Gasteiger partial charge in [-0.25, -0.2) is 4.98 Å². The summed E-state index contributed by atoms with van der Waals surface area (Å²) in [6.45, 7) is 3.28. The number of hydrogen-bond donors (Lipinski definition) is 2. The predicted molar refractivity (Wildman–Crippen MR) is 55.5 cm³/mol. The van der Waals surface area contributed by atoms with E-state index in [9.17, 15) is 5.11 Å². The van der Waals surface area contributed by atoms with Crippen LogP contribution in [0.2, 0.25) is 0 Å². The summed E-state index contributed by atoms with van der Waals surface area (Å²) in [6.07, 6.45) is 0.779. The van der Waals surface area contributed by atoms with E-state index in [1.807, 2.05) is 17.2 Å². The first-order valence-corrected chi connectivity index (χ1v) is 5.57. The van der Waals surface area contributed by atoms with Gasteiger partial charge in [0.25, 0.3) is 0 Å².